The highest BCUT2D eigenvalue weighted by Crippen LogP contribution is 2.17. The van der Waals surface area contributed by atoms with Crippen LogP contribution in [-0.4, -0.2) is 11.9 Å². The van der Waals surface area contributed by atoms with Gasteiger partial charge in [-0.1, -0.05) is 20.3 Å². The molecule has 0 aromatic heterocycles. The molecule has 3 nitrogen and oxygen atoms in total. The molecule has 0 saturated heterocycles. The number of rotatable bonds is 5. The summed E-state index contributed by atoms with van der Waals surface area (Å²) >= 11 is 0. The lowest BCUT2D eigenvalue weighted by molar-refractivity contribution is 0.0934. The van der Waals surface area contributed by atoms with Crippen molar-refractivity contribution in [3.8, 4) is 0 Å². The molecular weight excluding hydrogens is 238 g/mol. The fourth-order valence-corrected chi connectivity index (χ4v) is 1.75. The first-order valence-corrected chi connectivity index (χ1v) is 6.04. The maximum atomic E-state index is 13.1. The number of anilines is 1. The first kappa shape index (κ1) is 14.4. The maximum absolute atomic E-state index is 13.1. The van der Waals surface area contributed by atoms with Crippen LogP contribution in [0.5, 0.6) is 0 Å². The zero-order valence-corrected chi connectivity index (χ0v) is 10.6. The van der Waals surface area contributed by atoms with Gasteiger partial charge in [0.05, 0.1) is 5.56 Å². The van der Waals surface area contributed by atoms with Gasteiger partial charge in [-0.05, 0) is 18.9 Å². The van der Waals surface area contributed by atoms with Crippen molar-refractivity contribution in [1.82, 2.24) is 5.32 Å². The molecule has 0 spiro atoms. The third kappa shape index (κ3) is 3.42. The summed E-state index contributed by atoms with van der Waals surface area (Å²) in [6.45, 7) is 3.97. The number of halogens is 2. The van der Waals surface area contributed by atoms with Crippen molar-refractivity contribution in [3.05, 3.63) is 29.3 Å². The molecule has 1 unspecified atom stereocenters. The van der Waals surface area contributed by atoms with E-state index in [2.05, 4.69) is 5.32 Å². The zero-order valence-electron chi connectivity index (χ0n) is 10.6. The molecule has 1 atom stereocenters. The van der Waals surface area contributed by atoms with E-state index in [9.17, 15) is 13.6 Å². The van der Waals surface area contributed by atoms with Crippen LogP contribution >= 0.6 is 0 Å². The van der Waals surface area contributed by atoms with Crippen molar-refractivity contribution in [1.29, 1.82) is 0 Å². The molecule has 1 aromatic carbocycles. The molecule has 1 aromatic rings. The van der Waals surface area contributed by atoms with Crippen molar-refractivity contribution in [2.45, 2.75) is 39.2 Å². The summed E-state index contributed by atoms with van der Waals surface area (Å²) < 4.78 is 26.0. The summed E-state index contributed by atoms with van der Waals surface area (Å²) in [5.41, 5.74) is 5.43. The van der Waals surface area contributed by atoms with E-state index in [0.29, 0.717) is 0 Å². The summed E-state index contributed by atoms with van der Waals surface area (Å²) in [4.78, 5) is 11.9. The number of benzene rings is 1. The van der Waals surface area contributed by atoms with E-state index in [1.165, 1.54) is 0 Å². The molecule has 0 aliphatic heterocycles. The normalized spacial score (nSPS) is 12.2. The van der Waals surface area contributed by atoms with E-state index in [-0.39, 0.29) is 17.3 Å². The van der Waals surface area contributed by atoms with Crippen molar-refractivity contribution >= 4 is 11.6 Å². The predicted octanol–water partition coefficient (Wildman–Crippen LogP) is 2.86. The molecule has 0 bridgehead atoms. The average molecular weight is 256 g/mol. The minimum atomic E-state index is -1.07. The number of carbonyl (C=O) groups is 1. The first-order chi connectivity index (χ1) is 8.49. The summed E-state index contributed by atoms with van der Waals surface area (Å²) in [6.07, 6.45) is 2.56. The lowest BCUT2D eigenvalue weighted by Crippen LogP contribution is -2.34. The minimum Gasteiger partial charge on any atom is -0.398 e. The zero-order chi connectivity index (χ0) is 13.7. The van der Waals surface area contributed by atoms with Crippen molar-refractivity contribution in [2.75, 3.05) is 5.73 Å². The van der Waals surface area contributed by atoms with Gasteiger partial charge in [-0.2, -0.15) is 0 Å². The second-order valence-electron chi connectivity index (χ2n) is 4.22. The Morgan fingerprint density at radius 1 is 1.33 bits per heavy atom. The van der Waals surface area contributed by atoms with Gasteiger partial charge < -0.3 is 11.1 Å². The predicted molar refractivity (Wildman–Crippen MR) is 67.2 cm³/mol. The second-order valence-corrected chi connectivity index (χ2v) is 4.22. The number of hydrogen-bond acceptors (Lipinski definition) is 2. The monoisotopic (exact) mass is 256 g/mol. The molecule has 0 saturated carbocycles. The molecule has 100 valence electrons. The maximum Gasteiger partial charge on any atom is 0.253 e. The van der Waals surface area contributed by atoms with Gasteiger partial charge in [-0.25, -0.2) is 8.78 Å². The average Bonchev–Trinajstić information content (AvgIpc) is 2.33. The Kier molecular flexibility index (Phi) is 5.07. The number of hydrogen-bond donors (Lipinski definition) is 2. The molecule has 0 radical (unpaired) electrons. The molecule has 0 aliphatic rings. The molecule has 5 heteroatoms. The molecule has 18 heavy (non-hydrogen) atoms. The molecule has 3 N–H and O–H groups in total. The summed E-state index contributed by atoms with van der Waals surface area (Å²) in [6, 6.07) is 1.68. The fourth-order valence-electron chi connectivity index (χ4n) is 1.75. The van der Waals surface area contributed by atoms with Crippen LogP contribution in [0.3, 0.4) is 0 Å². The quantitative estimate of drug-likeness (QED) is 0.796. The smallest absolute Gasteiger partial charge is 0.253 e. The Hall–Kier alpha value is -1.65. The second kappa shape index (κ2) is 6.33. The van der Waals surface area contributed by atoms with Gasteiger partial charge in [-0.3, -0.25) is 4.79 Å². The number of nitrogen functional groups attached to an aromatic ring is 1. The Morgan fingerprint density at radius 3 is 2.50 bits per heavy atom. The summed E-state index contributed by atoms with van der Waals surface area (Å²) in [5.74, 6) is -2.59. The summed E-state index contributed by atoms with van der Waals surface area (Å²) in [7, 11) is 0. The minimum absolute atomic E-state index is 0.0232. The van der Waals surface area contributed by atoms with E-state index >= 15 is 0 Å². The third-order valence-corrected chi connectivity index (χ3v) is 2.80. The van der Waals surface area contributed by atoms with Gasteiger partial charge >= 0.3 is 0 Å². The topological polar surface area (TPSA) is 55.1 Å². The SMILES string of the molecule is CCCC(CC)NC(=O)c1cc(F)c(F)cc1N. The summed E-state index contributed by atoms with van der Waals surface area (Å²) in [5, 5.41) is 2.76. The molecule has 1 rings (SSSR count). The van der Waals surface area contributed by atoms with E-state index < -0.39 is 17.5 Å². The van der Waals surface area contributed by atoms with Crippen LogP contribution < -0.4 is 11.1 Å². The van der Waals surface area contributed by atoms with Crippen LogP contribution in [0, 0.1) is 11.6 Å². The van der Waals surface area contributed by atoms with E-state index in [1.807, 2.05) is 13.8 Å². The van der Waals surface area contributed by atoms with Crippen LogP contribution in [0.2, 0.25) is 0 Å². The highest BCUT2D eigenvalue weighted by molar-refractivity contribution is 5.99. The highest BCUT2D eigenvalue weighted by Gasteiger charge is 2.16. The fraction of sp³-hybridized carbons (Fsp3) is 0.462. The lowest BCUT2D eigenvalue weighted by atomic mass is 10.1. The first-order valence-electron chi connectivity index (χ1n) is 6.04. The molecule has 0 fully saturated rings. The van der Waals surface area contributed by atoms with E-state index in [0.717, 1.165) is 31.4 Å². The van der Waals surface area contributed by atoms with Gasteiger partial charge in [0.25, 0.3) is 5.91 Å². The van der Waals surface area contributed by atoms with Crippen LogP contribution in [0.25, 0.3) is 0 Å². The van der Waals surface area contributed by atoms with Crippen LogP contribution in [0.1, 0.15) is 43.5 Å². The largest absolute Gasteiger partial charge is 0.398 e. The molecular formula is C13H18F2N2O. The molecule has 1 amide bonds. The van der Waals surface area contributed by atoms with Gasteiger partial charge in [0.15, 0.2) is 11.6 Å². The Balaban J connectivity index is 2.87. The van der Waals surface area contributed by atoms with Crippen molar-refractivity contribution in [3.63, 3.8) is 0 Å². The van der Waals surface area contributed by atoms with Gasteiger partial charge in [0.1, 0.15) is 0 Å². The highest BCUT2D eigenvalue weighted by atomic mass is 19.2. The van der Waals surface area contributed by atoms with Crippen LogP contribution in [0.4, 0.5) is 14.5 Å². The lowest BCUT2D eigenvalue weighted by Gasteiger charge is -2.16. The standard InChI is InChI=1S/C13H18F2N2O/c1-3-5-8(4-2)17-13(18)9-6-10(14)11(15)7-12(9)16/h6-8H,3-5,16H2,1-2H3,(H,17,18). The van der Waals surface area contributed by atoms with Crippen molar-refractivity contribution in [2.24, 2.45) is 0 Å². The third-order valence-electron chi connectivity index (χ3n) is 2.80. The number of nitrogens with one attached hydrogen (secondary N) is 1. The number of amides is 1. The van der Waals surface area contributed by atoms with E-state index in [1.54, 1.807) is 0 Å². The Morgan fingerprint density at radius 2 is 1.94 bits per heavy atom. The van der Waals surface area contributed by atoms with Gasteiger partial charge in [0, 0.05) is 17.8 Å². The Bertz CT molecular complexity index is 435. The van der Waals surface area contributed by atoms with Gasteiger partial charge in [-0.15, -0.1) is 0 Å². The van der Waals surface area contributed by atoms with E-state index in [4.69, 9.17) is 5.73 Å². The van der Waals surface area contributed by atoms with Crippen molar-refractivity contribution < 1.29 is 13.6 Å². The van der Waals surface area contributed by atoms with Crippen LogP contribution in [-0.2, 0) is 0 Å². The number of carbonyl (C=O) groups excluding carboxylic acids is 1. The molecule has 0 aliphatic carbocycles. The number of nitrogens with two attached hydrogens (primary N) is 1. The molecule has 0 heterocycles. The van der Waals surface area contributed by atoms with Crippen LogP contribution in [0.15, 0.2) is 12.1 Å². The van der Waals surface area contributed by atoms with Gasteiger partial charge in [0.2, 0.25) is 0 Å². The Labute approximate surface area is 105 Å².